The highest BCUT2D eigenvalue weighted by molar-refractivity contribution is 7.89. The first kappa shape index (κ1) is 13.9. The molecule has 0 fully saturated rings. The van der Waals surface area contributed by atoms with Gasteiger partial charge >= 0.3 is 0 Å². The molecule has 0 saturated heterocycles. The Labute approximate surface area is 116 Å². The number of hydrogen-bond donors (Lipinski definition) is 2. The standard InChI is InChI=1S/C12H13ClN2O3S/c1-8-4-10(13)12(5-11(8)14)19(16,17)15-6-9-2-3-18-7-9/h2-5,7,15H,6,14H2,1H3. The number of sulfonamides is 1. The molecule has 0 radical (unpaired) electrons. The van der Waals surface area contributed by atoms with Gasteiger partial charge in [0.2, 0.25) is 10.0 Å². The lowest BCUT2D eigenvalue weighted by Gasteiger charge is -2.10. The maximum absolute atomic E-state index is 12.1. The van der Waals surface area contributed by atoms with E-state index in [4.69, 9.17) is 21.8 Å². The van der Waals surface area contributed by atoms with E-state index in [2.05, 4.69) is 4.72 Å². The molecule has 7 heteroatoms. The second-order valence-corrected chi connectivity index (χ2v) is 6.24. The van der Waals surface area contributed by atoms with Crippen LogP contribution >= 0.6 is 11.6 Å². The van der Waals surface area contributed by atoms with Crippen LogP contribution in [0.4, 0.5) is 5.69 Å². The quantitative estimate of drug-likeness (QED) is 0.848. The van der Waals surface area contributed by atoms with Crippen molar-refractivity contribution in [1.82, 2.24) is 4.72 Å². The van der Waals surface area contributed by atoms with Crippen molar-refractivity contribution in [2.24, 2.45) is 0 Å². The van der Waals surface area contributed by atoms with E-state index >= 15 is 0 Å². The third kappa shape index (κ3) is 3.09. The number of halogens is 1. The normalized spacial score (nSPS) is 11.7. The zero-order chi connectivity index (χ0) is 14.0. The summed E-state index contributed by atoms with van der Waals surface area (Å²) in [4.78, 5) is -0.0271. The van der Waals surface area contributed by atoms with E-state index in [1.165, 1.54) is 24.7 Å². The van der Waals surface area contributed by atoms with E-state index in [-0.39, 0.29) is 16.5 Å². The minimum Gasteiger partial charge on any atom is -0.472 e. The third-order valence-corrected chi connectivity index (χ3v) is 4.52. The van der Waals surface area contributed by atoms with Crippen LogP contribution in [-0.4, -0.2) is 8.42 Å². The van der Waals surface area contributed by atoms with E-state index in [0.29, 0.717) is 5.69 Å². The smallest absolute Gasteiger partial charge is 0.242 e. The average Bonchev–Trinajstić information content (AvgIpc) is 2.84. The molecule has 0 aliphatic carbocycles. The van der Waals surface area contributed by atoms with Crippen molar-refractivity contribution in [3.8, 4) is 0 Å². The molecule has 102 valence electrons. The Morgan fingerprint density at radius 3 is 2.79 bits per heavy atom. The van der Waals surface area contributed by atoms with Gasteiger partial charge < -0.3 is 10.2 Å². The minimum atomic E-state index is -3.71. The van der Waals surface area contributed by atoms with Gasteiger partial charge in [0.1, 0.15) is 4.90 Å². The largest absolute Gasteiger partial charge is 0.472 e. The van der Waals surface area contributed by atoms with E-state index < -0.39 is 10.0 Å². The number of benzene rings is 1. The van der Waals surface area contributed by atoms with E-state index in [9.17, 15) is 8.42 Å². The second kappa shape index (κ2) is 5.24. The van der Waals surface area contributed by atoms with E-state index in [1.54, 1.807) is 13.0 Å². The molecule has 1 aromatic heterocycles. The predicted octanol–water partition coefficient (Wildman–Crippen LogP) is 2.30. The highest BCUT2D eigenvalue weighted by Gasteiger charge is 2.19. The maximum atomic E-state index is 12.1. The fourth-order valence-corrected chi connectivity index (χ4v) is 3.16. The van der Waals surface area contributed by atoms with Gasteiger partial charge in [-0.15, -0.1) is 0 Å². The first-order chi connectivity index (χ1) is 8.90. The summed E-state index contributed by atoms with van der Waals surface area (Å²) in [6.07, 6.45) is 2.94. The molecule has 0 atom stereocenters. The van der Waals surface area contributed by atoms with Crippen molar-refractivity contribution in [2.45, 2.75) is 18.4 Å². The number of nitrogens with two attached hydrogens (primary N) is 1. The van der Waals surface area contributed by atoms with Crippen LogP contribution in [0.5, 0.6) is 0 Å². The topological polar surface area (TPSA) is 85.3 Å². The number of nitrogen functional groups attached to an aromatic ring is 1. The van der Waals surface area contributed by atoms with Gasteiger partial charge in [0.05, 0.1) is 17.5 Å². The van der Waals surface area contributed by atoms with Gasteiger partial charge in [-0.25, -0.2) is 13.1 Å². The Kier molecular flexibility index (Phi) is 3.84. The number of furan rings is 1. The maximum Gasteiger partial charge on any atom is 0.242 e. The van der Waals surface area contributed by atoms with Gasteiger partial charge in [-0.3, -0.25) is 0 Å². The molecule has 0 spiro atoms. The van der Waals surface area contributed by atoms with Gasteiger partial charge in [-0.2, -0.15) is 0 Å². The molecular formula is C12H13ClN2O3S. The predicted molar refractivity (Wildman–Crippen MR) is 73.3 cm³/mol. The van der Waals surface area contributed by atoms with Crippen LogP contribution in [0.25, 0.3) is 0 Å². The third-order valence-electron chi connectivity index (χ3n) is 2.66. The van der Waals surface area contributed by atoms with Crippen molar-refractivity contribution in [3.05, 3.63) is 46.9 Å². The molecule has 1 heterocycles. The molecule has 19 heavy (non-hydrogen) atoms. The first-order valence-electron chi connectivity index (χ1n) is 5.46. The van der Waals surface area contributed by atoms with Crippen molar-refractivity contribution in [3.63, 3.8) is 0 Å². The van der Waals surface area contributed by atoms with Crippen LogP contribution in [0.15, 0.2) is 40.0 Å². The number of aryl methyl sites for hydroxylation is 1. The highest BCUT2D eigenvalue weighted by Crippen LogP contribution is 2.26. The lowest BCUT2D eigenvalue weighted by molar-refractivity contribution is 0.561. The zero-order valence-corrected chi connectivity index (χ0v) is 11.8. The molecule has 0 amide bonds. The average molecular weight is 301 g/mol. The molecule has 2 aromatic rings. The minimum absolute atomic E-state index is 0.0271. The lowest BCUT2D eigenvalue weighted by Crippen LogP contribution is -2.23. The summed E-state index contributed by atoms with van der Waals surface area (Å²) in [5.41, 5.74) is 7.55. The number of rotatable bonds is 4. The summed E-state index contributed by atoms with van der Waals surface area (Å²) in [7, 11) is -3.71. The number of hydrogen-bond acceptors (Lipinski definition) is 4. The van der Waals surface area contributed by atoms with Gasteiger partial charge in [0.25, 0.3) is 0 Å². The van der Waals surface area contributed by atoms with Crippen molar-refractivity contribution in [1.29, 1.82) is 0 Å². The van der Waals surface area contributed by atoms with Crippen molar-refractivity contribution in [2.75, 3.05) is 5.73 Å². The molecule has 0 unspecified atom stereocenters. The molecular weight excluding hydrogens is 288 g/mol. The van der Waals surface area contributed by atoms with Crippen LogP contribution in [0.3, 0.4) is 0 Å². The Hall–Kier alpha value is -1.50. The fourth-order valence-electron chi connectivity index (χ4n) is 1.52. The lowest BCUT2D eigenvalue weighted by atomic mass is 10.2. The summed E-state index contributed by atoms with van der Waals surface area (Å²) in [5, 5.41) is 0.145. The molecule has 0 aliphatic heterocycles. The summed E-state index contributed by atoms with van der Waals surface area (Å²) in [6, 6.07) is 4.56. The molecule has 0 bridgehead atoms. The zero-order valence-electron chi connectivity index (χ0n) is 10.2. The SMILES string of the molecule is Cc1cc(Cl)c(S(=O)(=O)NCc2ccoc2)cc1N. The second-order valence-electron chi connectivity index (χ2n) is 4.10. The number of nitrogens with one attached hydrogen (secondary N) is 1. The molecule has 0 aliphatic rings. The van der Waals surface area contributed by atoms with Crippen LogP contribution in [0, 0.1) is 6.92 Å². The van der Waals surface area contributed by atoms with Gasteiger partial charge in [-0.1, -0.05) is 11.6 Å². The Bertz CT molecular complexity index is 681. The molecule has 2 rings (SSSR count). The van der Waals surface area contributed by atoms with Crippen molar-refractivity contribution >= 4 is 27.3 Å². The first-order valence-corrected chi connectivity index (χ1v) is 7.32. The molecule has 5 nitrogen and oxygen atoms in total. The number of anilines is 1. The molecule has 3 N–H and O–H groups in total. The monoisotopic (exact) mass is 300 g/mol. The van der Waals surface area contributed by atoms with Crippen LogP contribution < -0.4 is 10.5 Å². The fraction of sp³-hybridized carbons (Fsp3) is 0.167. The summed E-state index contributed by atoms with van der Waals surface area (Å²) in [5.74, 6) is 0. The van der Waals surface area contributed by atoms with Crippen LogP contribution in [0.2, 0.25) is 5.02 Å². The van der Waals surface area contributed by atoms with Crippen molar-refractivity contribution < 1.29 is 12.8 Å². The van der Waals surface area contributed by atoms with Gasteiger partial charge in [0, 0.05) is 17.8 Å². The Balaban J connectivity index is 2.27. The Morgan fingerprint density at radius 2 is 2.16 bits per heavy atom. The summed E-state index contributed by atoms with van der Waals surface area (Å²) < 4.78 is 31.6. The van der Waals surface area contributed by atoms with Crippen LogP contribution in [-0.2, 0) is 16.6 Å². The molecule has 1 aromatic carbocycles. The van der Waals surface area contributed by atoms with E-state index in [0.717, 1.165) is 11.1 Å². The summed E-state index contributed by atoms with van der Waals surface area (Å²) in [6.45, 7) is 1.89. The van der Waals surface area contributed by atoms with Gasteiger partial charge in [0.15, 0.2) is 0 Å². The highest BCUT2D eigenvalue weighted by atomic mass is 35.5. The summed E-state index contributed by atoms with van der Waals surface area (Å²) >= 11 is 5.95. The van der Waals surface area contributed by atoms with Crippen LogP contribution in [0.1, 0.15) is 11.1 Å². The van der Waals surface area contributed by atoms with Gasteiger partial charge in [-0.05, 0) is 30.7 Å². The van der Waals surface area contributed by atoms with E-state index in [1.807, 2.05) is 0 Å². The molecule has 0 saturated carbocycles. The Morgan fingerprint density at radius 1 is 1.42 bits per heavy atom.